The first kappa shape index (κ1) is 13.2. The van der Waals surface area contributed by atoms with Crippen molar-refractivity contribution in [1.29, 1.82) is 0 Å². The molecule has 2 aliphatic rings. The van der Waals surface area contributed by atoms with Crippen molar-refractivity contribution in [2.75, 3.05) is 11.9 Å². The second-order valence-electron chi connectivity index (χ2n) is 5.45. The molecule has 1 aromatic carbocycles. The number of carbonyl (C=O) groups is 1. The average Bonchev–Trinajstić information content (AvgIpc) is 2.49. The quantitative estimate of drug-likeness (QED) is 0.761. The molecule has 0 aromatic heterocycles. The SMILES string of the molecule is O=C(N[C@@H]1CCCC[C@H]1O)C1CNc2ccccc2O1. The van der Waals surface area contributed by atoms with Crippen LogP contribution in [0.25, 0.3) is 0 Å². The molecule has 0 spiro atoms. The molecule has 1 heterocycles. The minimum absolute atomic E-state index is 0.142. The molecule has 0 bridgehead atoms. The van der Waals surface area contributed by atoms with Crippen molar-refractivity contribution in [2.24, 2.45) is 0 Å². The highest BCUT2D eigenvalue weighted by Gasteiger charge is 2.30. The summed E-state index contributed by atoms with van der Waals surface area (Å²) in [7, 11) is 0. The molecular weight excluding hydrogens is 256 g/mol. The van der Waals surface area contributed by atoms with Crippen molar-refractivity contribution in [1.82, 2.24) is 5.32 Å². The summed E-state index contributed by atoms with van der Waals surface area (Å²) in [6, 6.07) is 7.43. The van der Waals surface area contributed by atoms with Gasteiger partial charge in [0, 0.05) is 0 Å². The molecule has 1 aromatic rings. The second-order valence-corrected chi connectivity index (χ2v) is 5.45. The summed E-state index contributed by atoms with van der Waals surface area (Å²) in [6.07, 6.45) is 2.70. The van der Waals surface area contributed by atoms with Crippen LogP contribution in [0.2, 0.25) is 0 Å². The molecule has 3 rings (SSSR count). The highest BCUT2D eigenvalue weighted by molar-refractivity contribution is 5.83. The molecule has 0 saturated heterocycles. The van der Waals surface area contributed by atoms with Crippen molar-refractivity contribution >= 4 is 11.6 Å². The lowest BCUT2D eigenvalue weighted by molar-refractivity contribution is -0.129. The molecule has 1 aliphatic carbocycles. The Morgan fingerprint density at radius 1 is 1.30 bits per heavy atom. The Balaban J connectivity index is 1.61. The summed E-state index contributed by atoms with van der Waals surface area (Å²) in [4.78, 5) is 12.2. The first-order valence-electron chi connectivity index (χ1n) is 7.22. The van der Waals surface area contributed by atoms with E-state index in [-0.39, 0.29) is 11.9 Å². The fourth-order valence-electron chi connectivity index (χ4n) is 2.81. The summed E-state index contributed by atoms with van der Waals surface area (Å²) in [6.45, 7) is 0.450. The van der Waals surface area contributed by atoms with Gasteiger partial charge in [0.15, 0.2) is 6.10 Å². The topological polar surface area (TPSA) is 70.6 Å². The highest BCUT2D eigenvalue weighted by Crippen LogP contribution is 2.28. The Kier molecular flexibility index (Phi) is 3.78. The maximum absolute atomic E-state index is 12.2. The van der Waals surface area contributed by atoms with E-state index in [4.69, 9.17) is 4.74 Å². The molecular formula is C15H20N2O3. The predicted molar refractivity (Wildman–Crippen MR) is 75.8 cm³/mol. The van der Waals surface area contributed by atoms with E-state index < -0.39 is 12.2 Å². The molecule has 1 aliphatic heterocycles. The zero-order chi connectivity index (χ0) is 13.9. The van der Waals surface area contributed by atoms with Crippen LogP contribution in [0, 0.1) is 0 Å². The third-order valence-electron chi connectivity index (χ3n) is 3.98. The number of anilines is 1. The van der Waals surface area contributed by atoms with E-state index in [1.165, 1.54) is 0 Å². The normalized spacial score (nSPS) is 28.8. The minimum Gasteiger partial charge on any atom is -0.477 e. The van der Waals surface area contributed by atoms with Gasteiger partial charge in [0.2, 0.25) is 0 Å². The maximum Gasteiger partial charge on any atom is 0.263 e. The van der Waals surface area contributed by atoms with Gasteiger partial charge in [0.1, 0.15) is 5.75 Å². The summed E-state index contributed by atoms with van der Waals surface area (Å²) >= 11 is 0. The zero-order valence-corrected chi connectivity index (χ0v) is 11.3. The zero-order valence-electron chi connectivity index (χ0n) is 11.3. The van der Waals surface area contributed by atoms with Crippen molar-refractivity contribution in [3.8, 4) is 5.75 Å². The number of ether oxygens (including phenoxy) is 1. The molecule has 0 radical (unpaired) electrons. The third-order valence-corrected chi connectivity index (χ3v) is 3.98. The molecule has 3 atom stereocenters. The number of amides is 1. The van der Waals surface area contributed by atoms with Gasteiger partial charge in [-0.15, -0.1) is 0 Å². The first-order chi connectivity index (χ1) is 9.74. The number of rotatable bonds is 2. The van der Waals surface area contributed by atoms with Gasteiger partial charge in [0.05, 0.1) is 24.4 Å². The Morgan fingerprint density at radius 3 is 2.95 bits per heavy atom. The summed E-state index contributed by atoms with van der Waals surface area (Å²) in [5.74, 6) is 0.543. The number of nitrogens with one attached hydrogen (secondary N) is 2. The second kappa shape index (κ2) is 5.71. The number of aliphatic hydroxyl groups excluding tert-OH is 1. The monoisotopic (exact) mass is 276 g/mol. The van der Waals surface area contributed by atoms with Crippen LogP contribution in [0.5, 0.6) is 5.75 Å². The van der Waals surface area contributed by atoms with E-state index in [0.29, 0.717) is 12.3 Å². The number of para-hydroxylation sites is 2. The van der Waals surface area contributed by atoms with Crippen molar-refractivity contribution < 1.29 is 14.6 Å². The standard InChI is InChI=1S/C15H20N2O3/c18-12-7-3-1-5-10(12)17-15(19)14-9-16-11-6-2-4-8-13(11)20-14/h2,4,6,8,10,12,14,16,18H,1,3,5,7,9H2,(H,17,19)/t10-,12-,14?/m1/s1. The Morgan fingerprint density at radius 2 is 2.10 bits per heavy atom. The van der Waals surface area contributed by atoms with Gasteiger partial charge in [-0.25, -0.2) is 0 Å². The largest absolute Gasteiger partial charge is 0.477 e. The Labute approximate surface area is 118 Å². The van der Waals surface area contributed by atoms with E-state index in [0.717, 1.165) is 31.4 Å². The molecule has 1 saturated carbocycles. The Hall–Kier alpha value is -1.75. The molecule has 1 fully saturated rings. The summed E-state index contributed by atoms with van der Waals surface area (Å²) in [5, 5.41) is 16.0. The van der Waals surface area contributed by atoms with Crippen LogP contribution in [0.15, 0.2) is 24.3 Å². The smallest absolute Gasteiger partial charge is 0.263 e. The molecule has 5 nitrogen and oxygen atoms in total. The average molecular weight is 276 g/mol. The van der Waals surface area contributed by atoms with Crippen LogP contribution in [0.1, 0.15) is 25.7 Å². The molecule has 20 heavy (non-hydrogen) atoms. The van der Waals surface area contributed by atoms with Crippen LogP contribution in [-0.2, 0) is 4.79 Å². The van der Waals surface area contributed by atoms with E-state index in [1.54, 1.807) is 0 Å². The van der Waals surface area contributed by atoms with Crippen molar-refractivity contribution in [2.45, 2.75) is 43.9 Å². The molecule has 5 heteroatoms. The van der Waals surface area contributed by atoms with Gasteiger partial charge in [-0.05, 0) is 25.0 Å². The van der Waals surface area contributed by atoms with Crippen LogP contribution >= 0.6 is 0 Å². The fraction of sp³-hybridized carbons (Fsp3) is 0.533. The predicted octanol–water partition coefficient (Wildman–Crippen LogP) is 1.28. The number of carbonyl (C=O) groups excluding carboxylic acids is 1. The van der Waals surface area contributed by atoms with E-state index in [1.807, 2.05) is 24.3 Å². The van der Waals surface area contributed by atoms with Crippen molar-refractivity contribution in [3.05, 3.63) is 24.3 Å². The fourth-order valence-corrected chi connectivity index (χ4v) is 2.81. The van der Waals surface area contributed by atoms with Crippen molar-refractivity contribution in [3.63, 3.8) is 0 Å². The Bertz CT molecular complexity index is 492. The van der Waals surface area contributed by atoms with E-state index >= 15 is 0 Å². The first-order valence-corrected chi connectivity index (χ1v) is 7.22. The van der Waals surface area contributed by atoms with Gasteiger partial charge in [0.25, 0.3) is 5.91 Å². The van der Waals surface area contributed by atoms with Gasteiger partial charge < -0.3 is 20.5 Å². The van der Waals surface area contributed by atoms with E-state index in [2.05, 4.69) is 10.6 Å². The van der Waals surface area contributed by atoms with Gasteiger partial charge in [-0.3, -0.25) is 4.79 Å². The minimum atomic E-state index is -0.543. The number of fused-ring (bicyclic) bond motifs is 1. The van der Waals surface area contributed by atoms with Gasteiger partial charge >= 0.3 is 0 Å². The van der Waals surface area contributed by atoms with E-state index in [9.17, 15) is 9.90 Å². The maximum atomic E-state index is 12.2. The highest BCUT2D eigenvalue weighted by atomic mass is 16.5. The number of aliphatic hydroxyl groups is 1. The van der Waals surface area contributed by atoms with Gasteiger partial charge in [-0.1, -0.05) is 25.0 Å². The lowest BCUT2D eigenvalue weighted by Crippen LogP contribution is -2.52. The lowest BCUT2D eigenvalue weighted by atomic mass is 9.92. The number of hydrogen-bond donors (Lipinski definition) is 3. The molecule has 3 N–H and O–H groups in total. The summed E-state index contributed by atoms with van der Waals surface area (Å²) in [5.41, 5.74) is 0.911. The van der Waals surface area contributed by atoms with Crippen LogP contribution in [0.3, 0.4) is 0 Å². The number of benzene rings is 1. The number of hydrogen-bond acceptors (Lipinski definition) is 4. The van der Waals surface area contributed by atoms with Gasteiger partial charge in [-0.2, -0.15) is 0 Å². The molecule has 108 valence electrons. The molecule has 1 amide bonds. The lowest BCUT2D eigenvalue weighted by Gasteiger charge is -2.31. The molecule has 1 unspecified atom stereocenters. The third kappa shape index (κ3) is 2.72. The van der Waals surface area contributed by atoms with Crippen LogP contribution in [-0.4, -0.2) is 35.8 Å². The summed E-state index contributed by atoms with van der Waals surface area (Å²) < 4.78 is 5.71. The van der Waals surface area contributed by atoms with Crippen LogP contribution < -0.4 is 15.4 Å². The van der Waals surface area contributed by atoms with Crippen LogP contribution in [0.4, 0.5) is 5.69 Å².